The molecule has 0 bridgehead atoms. The van der Waals surface area contributed by atoms with Crippen LogP contribution in [0.1, 0.15) is 26.7 Å². The first-order valence-corrected chi connectivity index (χ1v) is 5.74. The van der Waals surface area contributed by atoms with Crippen LogP contribution in [0, 0.1) is 0 Å². The molecule has 0 aliphatic rings. The molecule has 3 N–H and O–H groups in total. The Morgan fingerprint density at radius 2 is 1.88 bits per heavy atom. The predicted molar refractivity (Wildman–Crippen MR) is 63.2 cm³/mol. The molecule has 0 saturated carbocycles. The van der Waals surface area contributed by atoms with Gasteiger partial charge in [0, 0.05) is 13.7 Å². The van der Waals surface area contributed by atoms with Crippen molar-refractivity contribution in [3.05, 3.63) is 0 Å². The molecule has 0 saturated heterocycles. The molecule has 0 rings (SSSR count). The molecule has 0 spiro atoms. The zero-order chi connectivity index (χ0) is 12.4. The number of hydrogen-bond donors (Lipinski definition) is 2. The molecule has 5 heteroatoms. The maximum Gasteiger partial charge on any atom is 0.240 e. The number of amides is 1. The van der Waals surface area contributed by atoms with Gasteiger partial charge >= 0.3 is 0 Å². The van der Waals surface area contributed by atoms with Crippen LogP contribution in [0.15, 0.2) is 0 Å². The molecule has 96 valence electrons. The highest BCUT2D eigenvalue weighted by molar-refractivity contribution is 5.85. The lowest BCUT2D eigenvalue weighted by Crippen LogP contribution is -2.53. The lowest BCUT2D eigenvalue weighted by atomic mass is 9.93. The lowest BCUT2D eigenvalue weighted by Gasteiger charge is -2.25. The first kappa shape index (κ1) is 15.3. The van der Waals surface area contributed by atoms with E-state index in [1.54, 1.807) is 7.11 Å². The summed E-state index contributed by atoms with van der Waals surface area (Å²) < 4.78 is 10.1. The molecule has 0 fully saturated rings. The first-order chi connectivity index (χ1) is 7.60. The highest BCUT2D eigenvalue weighted by Gasteiger charge is 2.29. The van der Waals surface area contributed by atoms with Gasteiger partial charge in [-0.2, -0.15) is 0 Å². The van der Waals surface area contributed by atoms with E-state index in [2.05, 4.69) is 5.32 Å². The number of nitrogens with one attached hydrogen (secondary N) is 1. The van der Waals surface area contributed by atoms with E-state index in [-0.39, 0.29) is 5.91 Å². The van der Waals surface area contributed by atoms with Crippen molar-refractivity contribution in [2.45, 2.75) is 32.2 Å². The van der Waals surface area contributed by atoms with E-state index < -0.39 is 5.54 Å². The van der Waals surface area contributed by atoms with Crippen LogP contribution in [0.4, 0.5) is 0 Å². The molecule has 0 radical (unpaired) electrons. The van der Waals surface area contributed by atoms with Gasteiger partial charge < -0.3 is 20.5 Å². The van der Waals surface area contributed by atoms with E-state index in [4.69, 9.17) is 15.2 Å². The van der Waals surface area contributed by atoms with Crippen molar-refractivity contribution >= 4 is 5.91 Å². The molecule has 0 heterocycles. The summed E-state index contributed by atoms with van der Waals surface area (Å²) in [4.78, 5) is 11.7. The minimum absolute atomic E-state index is 0.104. The maximum absolute atomic E-state index is 11.7. The Labute approximate surface area is 97.7 Å². The first-order valence-electron chi connectivity index (χ1n) is 5.74. The average molecular weight is 232 g/mol. The second-order valence-corrected chi connectivity index (χ2v) is 3.72. The fourth-order valence-electron chi connectivity index (χ4n) is 1.23. The van der Waals surface area contributed by atoms with E-state index in [0.717, 1.165) is 0 Å². The van der Waals surface area contributed by atoms with Gasteiger partial charge in [-0.05, 0) is 12.8 Å². The Kier molecular flexibility index (Phi) is 8.15. The number of hydrogen-bond acceptors (Lipinski definition) is 4. The van der Waals surface area contributed by atoms with Crippen LogP contribution in [0.3, 0.4) is 0 Å². The highest BCUT2D eigenvalue weighted by atomic mass is 16.5. The average Bonchev–Trinajstić information content (AvgIpc) is 2.32. The molecule has 0 atom stereocenters. The molecular formula is C11H24N2O3. The second-order valence-electron chi connectivity index (χ2n) is 3.72. The van der Waals surface area contributed by atoms with Crippen LogP contribution in [0.2, 0.25) is 0 Å². The summed E-state index contributed by atoms with van der Waals surface area (Å²) in [6, 6.07) is 0. The largest absolute Gasteiger partial charge is 0.382 e. The standard InChI is InChI=1S/C11H24N2O3/c1-4-11(12,5-2)10(14)13-6-7-16-9-8-15-3/h4-9,12H2,1-3H3,(H,13,14). The van der Waals surface area contributed by atoms with Crippen LogP contribution >= 0.6 is 0 Å². The molecule has 5 nitrogen and oxygen atoms in total. The number of methoxy groups -OCH3 is 1. The molecule has 0 aromatic heterocycles. The quantitative estimate of drug-likeness (QED) is 0.560. The number of rotatable bonds is 9. The zero-order valence-electron chi connectivity index (χ0n) is 10.5. The summed E-state index contributed by atoms with van der Waals surface area (Å²) in [6.45, 7) is 5.91. The van der Waals surface area contributed by atoms with Crippen molar-refractivity contribution in [2.24, 2.45) is 5.73 Å². The molecule has 1 amide bonds. The topological polar surface area (TPSA) is 73.6 Å². The Morgan fingerprint density at radius 3 is 2.38 bits per heavy atom. The van der Waals surface area contributed by atoms with Crippen LogP contribution in [0.5, 0.6) is 0 Å². The normalized spacial score (nSPS) is 11.5. The number of ether oxygens (including phenoxy) is 2. The number of carbonyl (C=O) groups is 1. The summed E-state index contributed by atoms with van der Waals surface area (Å²) in [5, 5.41) is 2.77. The van der Waals surface area contributed by atoms with Gasteiger partial charge in [-0.25, -0.2) is 0 Å². The van der Waals surface area contributed by atoms with Gasteiger partial charge in [0.1, 0.15) is 0 Å². The van der Waals surface area contributed by atoms with E-state index in [0.29, 0.717) is 39.2 Å². The monoisotopic (exact) mass is 232 g/mol. The molecule has 0 aromatic carbocycles. The second kappa shape index (κ2) is 8.50. The van der Waals surface area contributed by atoms with E-state index in [9.17, 15) is 4.79 Å². The van der Waals surface area contributed by atoms with Crippen LogP contribution in [-0.4, -0.2) is 44.9 Å². The third-order valence-corrected chi connectivity index (χ3v) is 2.68. The molecular weight excluding hydrogens is 208 g/mol. The molecule has 0 unspecified atom stereocenters. The fourth-order valence-corrected chi connectivity index (χ4v) is 1.23. The van der Waals surface area contributed by atoms with Crippen LogP contribution < -0.4 is 11.1 Å². The summed E-state index contributed by atoms with van der Waals surface area (Å²) in [5.41, 5.74) is 5.19. The Bertz CT molecular complexity index is 194. The lowest BCUT2D eigenvalue weighted by molar-refractivity contribution is -0.126. The SMILES string of the molecule is CCC(N)(CC)C(=O)NCCOCCOC. The maximum atomic E-state index is 11.7. The summed E-state index contributed by atoms with van der Waals surface area (Å²) in [5.74, 6) is -0.104. The third kappa shape index (κ3) is 5.44. The Morgan fingerprint density at radius 1 is 1.25 bits per heavy atom. The summed E-state index contributed by atoms with van der Waals surface area (Å²) >= 11 is 0. The van der Waals surface area contributed by atoms with Gasteiger partial charge in [-0.1, -0.05) is 13.8 Å². The minimum atomic E-state index is -0.744. The zero-order valence-corrected chi connectivity index (χ0v) is 10.5. The van der Waals surface area contributed by atoms with Crippen molar-refractivity contribution in [3.8, 4) is 0 Å². The van der Waals surface area contributed by atoms with Gasteiger partial charge in [0.25, 0.3) is 0 Å². The van der Waals surface area contributed by atoms with Gasteiger partial charge in [0.05, 0.1) is 25.4 Å². The van der Waals surface area contributed by atoms with Crippen LogP contribution in [0.25, 0.3) is 0 Å². The van der Waals surface area contributed by atoms with E-state index in [1.807, 2.05) is 13.8 Å². The van der Waals surface area contributed by atoms with Gasteiger partial charge in [-0.15, -0.1) is 0 Å². The van der Waals surface area contributed by atoms with Gasteiger partial charge in [-0.3, -0.25) is 4.79 Å². The Balaban J connectivity index is 3.64. The van der Waals surface area contributed by atoms with Crippen molar-refractivity contribution in [1.82, 2.24) is 5.32 Å². The van der Waals surface area contributed by atoms with Crippen LogP contribution in [-0.2, 0) is 14.3 Å². The Hall–Kier alpha value is -0.650. The van der Waals surface area contributed by atoms with Crippen molar-refractivity contribution in [1.29, 1.82) is 0 Å². The smallest absolute Gasteiger partial charge is 0.240 e. The fraction of sp³-hybridized carbons (Fsp3) is 0.909. The van der Waals surface area contributed by atoms with E-state index >= 15 is 0 Å². The van der Waals surface area contributed by atoms with E-state index in [1.165, 1.54) is 0 Å². The summed E-state index contributed by atoms with van der Waals surface area (Å²) in [7, 11) is 1.62. The molecule has 0 aromatic rings. The number of nitrogens with two attached hydrogens (primary N) is 1. The van der Waals surface area contributed by atoms with Crippen molar-refractivity contribution in [3.63, 3.8) is 0 Å². The third-order valence-electron chi connectivity index (χ3n) is 2.68. The van der Waals surface area contributed by atoms with Crippen molar-refractivity contribution < 1.29 is 14.3 Å². The van der Waals surface area contributed by atoms with Crippen molar-refractivity contribution in [2.75, 3.05) is 33.5 Å². The minimum Gasteiger partial charge on any atom is -0.382 e. The molecule has 0 aliphatic heterocycles. The molecule has 16 heavy (non-hydrogen) atoms. The van der Waals surface area contributed by atoms with Gasteiger partial charge in [0.15, 0.2) is 0 Å². The summed E-state index contributed by atoms with van der Waals surface area (Å²) in [6.07, 6.45) is 1.28. The van der Waals surface area contributed by atoms with Gasteiger partial charge in [0.2, 0.25) is 5.91 Å². The highest BCUT2D eigenvalue weighted by Crippen LogP contribution is 2.10. The molecule has 0 aliphatic carbocycles. The predicted octanol–water partition coefficient (Wildman–Crippen LogP) is 0.283. The number of carbonyl (C=O) groups excluding carboxylic acids is 1.